The number of fused-ring (bicyclic) bond motifs is 1. The Hall–Kier alpha value is -2.07. The van der Waals surface area contributed by atoms with E-state index < -0.39 is 0 Å². The van der Waals surface area contributed by atoms with Crippen LogP contribution in [0.15, 0.2) is 47.1 Å². The molecule has 0 aliphatic carbocycles. The van der Waals surface area contributed by atoms with E-state index in [0.29, 0.717) is 13.1 Å². The molecule has 4 nitrogen and oxygen atoms in total. The summed E-state index contributed by atoms with van der Waals surface area (Å²) in [6.07, 6.45) is 2.46. The van der Waals surface area contributed by atoms with Crippen molar-refractivity contribution in [3.63, 3.8) is 0 Å². The van der Waals surface area contributed by atoms with Gasteiger partial charge < -0.3 is 14.7 Å². The van der Waals surface area contributed by atoms with Crippen LogP contribution in [0.2, 0.25) is 0 Å². The third kappa shape index (κ3) is 1.91. The smallest absolute Gasteiger partial charge is 0.123 e. The van der Waals surface area contributed by atoms with Crippen LogP contribution >= 0.6 is 0 Å². The first kappa shape index (κ1) is 11.0. The topological polar surface area (TPSA) is 57.0 Å². The summed E-state index contributed by atoms with van der Waals surface area (Å²) in [6, 6.07) is 12.0. The molecule has 92 valence electrons. The summed E-state index contributed by atoms with van der Waals surface area (Å²) < 4.78 is 7.58. The fourth-order valence-corrected chi connectivity index (χ4v) is 2.18. The summed E-state index contributed by atoms with van der Waals surface area (Å²) in [5.41, 5.74) is 7.78. The molecule has 0 radical (unpaired) electrons. The lowest BCUT2D eigenvalue weighted by Gasteiger charge is -2.06. The Balaban J connectivity index is 2.09. The Labute approximate surface area is 105 Å². The Morgan fingerprint density at radius 3 is 2.83 bits per heavy atom. The summed E-state index contributed by atoms with van der Waals surface area (Å²) in [7, 11) is 0. The zero-order chi connectivity index (χ0) is 12.4. The minimum Gasteiger partial charge on any atom is -0.467 e. The molecule has 0 spiro atoms. The van der Waals surface area contributed by atoms with Gasteiger partial charge in [-0.3, -0.25) is 0 Å². The third-order valence-electron chi connectivity index (χ3n) is 3.00. The molecule has 0 bridgehead atoms. The van der Waals surface area contributed by atoms with E-state index in [1.807, 2.05) is 30.3 Å². The van der Waals surface area contributed by atoms with Gasteiger partial charge in [0.1, 0.15) is 11.6 Å². The van der Waals surface area contributed by atoms with Crippen LogP contribution in [-0.2, 0) is 13.0 Å². The van der Waals surface area contributed by atoms with E-state index in [4.69, 9.17) is 10.2 Å². The molecule has 0 saturated carbocycles. The molecule has 0 aliphatic heterocycles. The van der Waals surface area contributed by atoms with Crippen LogP contribution in [0.25, 0.3) is 11.0 Å². The second-order valence-electron chi connectivity index (χ2n) is 4.22. The highest BCUT2D eigenvalue weighted by atomic mass is 16.3. The van der Waals surface area contributed by atoms with E-state index in [2.05, 4.69) is 15.6 Å². The zero-order valence-corrected chi connectivity index (χ0v) is 10.0. The van der Waals surface area contributed by atoms with Gasteiger partial charge >= 0.3 is 0 Å². The molecule has 1 aromatic carbocycles. The van der Waals surface area contributed by atoms with Crippen molar-refractivity contribution < 1.29 is 4.42 Å². The number of imidazole rings is 1. The standard InChI is InChI=1S/C14H15N3O/c15-8-7-14-16-12-5-1-2-6-13(12)17(14)10-11-4-3-9-18-11/h1-6,9H,7-8,10,15H2. The van der Waals surface area contributed by atoms with Crippen LogP contribution in [0.3, 0.4) is 0 Å². The first-order valence-electron chi connectivity index (χ1n) is 6.05. The number of hydrogen-bond acceptors (Lipinski definition) is 3. The Kier molecular flexibility index (Phi) is 2.86. The third-order valence-corrected chi connectivity index (χ3v) is 3.00. The summed E-state index contributed by atoms with van der Waals surface area (Å²) in [5, 5.41) is 0. The molecule has 0 fully saturated rings. The monoisotopic (exact) mass is 241 g/mol. The van der Waals surface area contributed by atoms with Crippen LogP contribution in [0, 0.1) is 0 Å². The highest BCUT2D eigenvalue weighted by Crippen LogP contribution is 2.18. The quantitative estimate of drug-likeness (QED) is 0.761. The number of benzene rings is 1. The van der Waals surface area contributed by atoms with Gasteiger partial charge in [-0.1, -0.05) is 12.1 Å². The van der Waals surface area contributed by atoms with E-state index in [-0.39, 0.29) is 0 Å². The van der Waals surface area contributed by atoms with Gasteiger partial charge in [-0.05, 0) is 30.8 Å². The molecule has 18 heavy (non-hydrogen) atoms. The van der Waals surface area contributed by atoms with Gasteiger partial charge in [0, 0.05) is 6.42 Å². The molecular formula is C14H15N3O. The van der Waals surface area contributed by atoms with Gasteiger partial charge in [0.15, 0.2) is 0 Å². The number of nitrogens with zero attached hydrogens (tertiary/aromatic N) is 2. The Morgan fingerprint density at radius 2 is 2.06 bits per heavy atom. The molecule has 2 aromatic heterocycles. The molecule has 3 rings (SSSR count). The van der Waals surface area contributed by atoms with Crippen molar-refractivity contribution in [2.45, 2.75) is 13.0 Å². The lowest BCUT2D eigenvalue weighted by molar-refractivity contribution is 0.492. The average Bonchev–Trinajstić information content (AvgIpc) is 3.00. The van der Waals surface area contributed by atoms with E-state index >= 15 is 0 Å². The lowest BCUT2D eigenvalue weighted by atomic mass is 10.3. The normalized spacial score (nSPS) is 11.2. The molecule has 4 heteroatoms. The van der Waals surface area contributed by atoms with Crippen molar-refractivity contribution in [2.75, 3.05) is 6.54 Å². The van der Waals surface area contributed by atoms with Crippen LogP contribution in [-0.4, -0.2) is 16.1 Å². The maximum atomic E-state index is 5.65. The summed E-state index contributed by atoms with van der Waals surface area (Å²) >= 11 is 0. The van der Waals surface area contributed by atoms with E-state index in [1.54, 1.807) is 6.26 Å². The van der Waals surface area contributed by atoms with Gasteiger partial charge in [0.05, 0.1) is 23.8 Å². The number of hydrogen-bond donors (Lipinski definition) is 1. The summed E-state index contributed by atoms with van der Waals surface area (Å²) in [5.74, 6) is 1.94. The highest BCUT2D eigenvalue weighted by molar-refractivity contribution is 5.76. The fourth-order valence-electron chi connectivity index (χ4n) is 2.18. The van der Waals surface area contributed by atoms with E-state index in [1.165, 1.54) is 0 Å². The first-order chi connectivity index (χ1) is 8.88. The van der Waals surface area contributed by atoms with Crippen molar-refractivity contribution >= 4 is 11.0 Å². The molecule has 0 saturated heterocycles. The summed E-state index contributed by atoms with van der Waals surface area (Å²) in [6.45, 7) is 1.30. The zero-order valence-electron chi connectivity index (χ0n) is 10.0. The average molecular weight is 241 g/mol. The van der Waals surface area contributed by atoms with Crippen molar-refractivity contribution in [2.24, 2.45) is 5.73 Å². The number of para-hydroxylation sites is 2. The van der Waals surface area contributed by atoms with Crippen molar-refractivity contribution in [1.82, 2.24) is 9.55 Å². The Morgan fingerprint density at radius 1 is 1.17 bits per heavy atom. The van der Waals surface area contributed by atoms with Gasteiger partial charge in [0.25, 0.3) is 0 Å². The molecule has 2 heterocycles. The molecule has 0 aliphatic rings. The maximum Gasteiger partial charge on any atom is 0.123 e. The number of rotatable bonds is 4. The van der Waals surface area contributed by atoms with Crippen LogP contribution in [0.1, 0.15) is 11.6 Å². The second-order valence-corrected chi connectivity index (χ2v) is 4.22. The van der Waals surface area contributed by atoms with Crippen LogP contribution < -0.4 is 5.73 Å². The van der Waals surface area contributed by atoms with Crippen molar-refractivity contribution in [3.8, 4) is 0 Å². The van der Waals surface area contributed by atoms with Crippen LogP contribution in [0.4, 0.5) is 0 Å². The van der Waals surface area contributed by atoms with Crippen LogP contribution in [0.5, 0.6) is 0 Å². The van der Waals surface area contributed by atoms with Gasteiger partial charge in [-0.15, -0.1) is 0 Å². The predicted molar refractivity (Wildman–Crippen MR) is 70.3 cm³/mol. The van der Waals surface area contributed by atoms with Crippen molar-refractivity contribution in [1.29, 1.82) is 0 Å². The second kappa shape index (κ2) is 4.66. The molecule has 3 aromatic rings. The molecule has 0 unspecified atom stereocenters. The van der Waals surface area contributed by atoms with Crippen molar-refractivity contribution in [3.05, 3.63) is 54.2 Å². The Bertz CT molecular complexity index is 640. The number of nitrogens with two attached hydrogens (primary N) is 1. The highest BCUT2D eigenvalue weighted by Gasteiger charge is 2.10. The predicted octanol–water partition coefficient (Wildman–Crippen LogP) is 2.18. The summed E-state index contributed by atoms with van der Waals surface area (Å²) in [4.78, 5) is 4.62. The largest absolute Gasteiger partial charge is 0.467 e. The number of furan rings is 1. The number of aromatic nitrogens is 2. The van der Waals surface area contributed by atoms with Gasteiger partial charge in [0.2, 0.25) is 0 Å². The maximum absolute atomic E-state index is 5.65. The molecular weight excluding hydrogens is 226 g/mol. The fraction of sp³-hybridized carbons (Fsp3) is 0.214. The van der Waals surface area contributed by atoms with Gasteiger partial charge in [-0.2, -0.15) is 0 Å². The van der Waals surface area contributed by atoms with Gasteiger partial charge in [-0.25, -0.2) is 4.98 Å². The SMILES string of the molecule is NCCc1nc2ccccc2n1Cc1ccco1. The molecule has 0 atom stereocenters. The molecule has 2 N–H and O–H groups in total. The minimum absolute atomic E-state index is 0.599. The first-order valence-corrected chi connectivity index (χ1v) is 6.05. The van der Waals surface area contributed by atoms with E-state index in [9.17, 15) is 0 Å². The molecule has 0 amide bonds. The van der Waals surface area contributed by atoms with E-state index in [0.717, 1.165) is 29.0 Å². The lowest BCUT2D eigenvalue weighted by Crippen LogP contribution is -2.10. The minimum atomic E-state index is 0.599.